The molecule has 166 valence electrons. The lowest BCUT2D eigenvalue weighted by molar-refractivity contribution is -0.137. The predicted molar refractivity (Wildman–Crippen MR) is 107 cm³/mol. The van der Waals surface area contributed by atoms with Gasteiger partial charge in [-0.2, -0.15) is 4.39 Å². The molecule has 1 saturated heterocycles. The van der Waals surface area contributed by atoms with Crippen LogP contribution in [0, 0.1) is 29.4 Å². The van der Waals surface area contributed by atoms with Crippen LogP contribution in [0.2, 0.25) is 0 Å². The zero-order valence-corrected chi connectivity index (χ0v) is 17.0. The van der Waals surface area contributed by atoms with Crippen molar-refractivity contribution in [3.63, 3.8) is 0 Å². The fourth-order valence-electron chi connectivity index (χ4n) is 4.54. The van der Waals surface area contributed by atoms with Crippen LogP contribution in [0.3, 0.4) is 0 Å². The summed E-state index contributed by atoms with van der Waals surface area (Å²) < 4.78 is 38.1. The molecule has 2 fully saturated rings. The van der Waals surface area contributed by atoms with E-state index in [0.29, 0.717) is 30.8 Å². The summed E-state index contributed by atoms with van der Waals surface area (Å²) in [6.45, 7) is 0.534. The molecule has 0 radical (unpaired) electrons. The second kappa shape index (κ2) is 10.9. The van der Waals surface area contributed by atoms with E-state index in [1.165, 1.54) is 12.1 Å². The number of rotatable bonds is 9. The summed E-state index contributed by atoms with van der Waals surface area (Å²) in [7, 11) is 0. The maximum absolute atomic E-state index is 13.6. The number of halogens is 2. The number of aliphatic hydroxyl groups is 1. The lowest BCUT2D eigenvalue weighted by Gasteiger charge is -2.20. The topological polar surface area (TPSA) is 76.0 Å². The van der Waals surface area contributed by atoms with Crippen molar-refractivity contribution in [2.45, 2.75) is 57.2 Å². The van der Waals surface area contributed by atoms with Crippen molar-refractivity contribution in [2.24, 2.45) is 17.8 Å². The first kappa shape index (κ1) is 22.7. The van der Waals surface area contributed by atoms with Crippen molar-refractivity contribution in [1.29, 1.82) is 0 Å². The first-order valence-corrected chi connectivity index (χ1v) is 10.7. The van der Waals surface area contributed by atoms with Gasteiger partial charge in [-0.3, -0.25) is 4.79 Å². The average Bonchev–Trinajstić information content (AvgIpc) is 2.99. The highest BCUT2D eigenvalue weighted by Gasteiger charge is 2.37. The van der Waals surface area contributed by atoms with E-state index < -0.39 is 23.7 Å². The zero-order valence-electron chi connectivity index (χ0n) is 17.0. The summed E-state index contributed by atoms with van der Waals surface area (Å²) in [4.78, 5) is 10.7. The van der Waals surface area contributed by atoms with Crippen LogP contribution < -0.4 is 4.74 Å². The molecular weight excluding hydrogens is 394 g/mol. The molecule has 0 spiro atoms. The van der Waals surface area contributed by atoms with Gasteiger partial charge in [-0.05, 0) is 68.4 Å². The smallest absolute Gasteiger partial charge is 0.303 e. The first-order valence-electron chi connectivity index (χ1n) is 10.7. The fraction of sp³-hybridized carbons (Fsp3) is 0.609. The number of fused-ring (bicyclic) bond motifs is 1. The van der Waals surface area contributed by atoms with Gasteiger partial charge in [-0.15, -0.1) is 0 Å². The molecule has 30 heavy (non-hydrogen) atoms. The Balaban J connectivity index is 1.46. The molecule has 1 saturated carbocycles. The molecule has 1 aliphatic heterocycles. The summed E-state index contributed by atoms with van der Waals surface area (Å²) in [5, 5.41) is 19.0. The Hall–Kier alpha value is -1.99. The Bertz CT molecular complexity index is 738. The van der Waals surface area contributed by atoms with E-state index in [2.05, 4.69) is 0 Å². The number of allylic oxidation sites excluding steroid dienone is 1. The van der Waals surface area contributed by atoms with E-state index in [-0.39, 0.29) is 24.9 Å². The van der Waals surface area contributed by atoms with Crippen molar-refractivity contribution in [1.82, 2.24) is 0 Å². The molecule has 5 atom stereocenters. The van der Waals surface area contributed by atoms with E-state index in [1.807, 2.05) is 6.08 Å². The van der Waals surface area contributed by atoms with Crippen LogP contribution in [0.4, 0.5) is 8.78 Å². The number of carbonyl (C=O) groups is 1. The van der Waals surface area contributed by atoms with Gasteiger partial charge in [0.2, 0.25) is 5.82 Å². The number of hydrogen-bond acceptors (Lipinski definition) is 4. The van der Waals surface area contributed by atoms with Crippen LogP contribution in [0.5, 0.6) is 5.75 Å². The van der Waals surface area contributed by atoms with Gasteiger partial charge < -0.3 is 19.7 Å². The number of aliphatic carboxylic acids is 1. The van der Waals surface area contributed by atoms with Gasteiger partial charge in [0.25, 0.3) is 0 Å². The lowest BCUT2D eigenvalue weighted by atomic mass is 9.87. The number of aliphatic hydroxyl groups excluding tert-OH is 1. The summed E-state index contributed by atoms with van der Waals surface area (Å²) >= 11 is 0. The molecule has 1 aromatic carbocycles. The third-order valence-corrected chi connectivity index (χ3v) is 6.18. The van der Waals surface area contributed by atoms with E-state index >= 15 is 0 Å². The lowest BCUT2D eigenvalue weighted by Crippen LogP contribution is -2.21. The van der Waals surface area contributed by atoms with E-state index in [0.717, 1.165) is 38.2 Å². The number of benzene rings is 1. The Kier molecular flexibility index (Phi) is 8.22. The number of carboxylic acids is 1. The van der Waals surface area contributed by atoms with Gasteiger partial charge in [0.05, 0.1) is 6.10 Å². The Labute approximate surface area is 175 Å². The molecular formula is C23H30F2O5. The molecule has 3 rings (SSSR count). The number of hydrogen-bond donors (Lipinski definition) is 2. The number of ether oxygens (including phenoxy) is 2. The highest BCUT2D eigenvalue weighted by atomic mass is 19.2. The summed E-state index contributed by atoms with van der Waals surface area (Å²) in [6.07, 6.45) is 8.72. The third kappa shape index (κ3) is 6.25. The molecule has 0 unspecified atom stereocenters. The van der Waals surface area contributed by atoms with E-state index in [1.54, 1.807) is 6.08 Å². The normalized spacial score (nSPS) is 27.6. The molecule has 0 amide bonds. The summed E-state index contributed by atoms with van der Waals surface area (Å²) in [5.41, 5.74) is 0. The minimum absolute atomic E-state index is 0.153. The van der Waals surface area contributed by atoms with Gasteiger partial charge in [-0.1, -0.05) is 18.2 Å². The minimum atomic E-state index is -1.05. The summed E-state index contributed by atoms with van der Waals surface area (Å²) in [6, 6.07) is 3.70. The molecule has 7 heteroatoms. The van der Waals surface area contributed by atoms with Crippen LogP contribution in [-0.4, -0.2) is 41.6 Å². The maximum atomic E-state index is 13.6. The Morgan fingerprint density at radius 3 is 2.90 bits per heavy atom. The van der Waals surface area contributed by atoms with Crippen molar-refractivity contribution in [3.8, 4) is 5.75 Å². The van der Waals surface area contributed by atoms with Crippen LogP contribution in [0.15, 0.2) is 30.4 Å². The van der Waals surface area contributed by atoms with Crippen molar-refractivity contribution in [3.05, 3.63) is 42.0 Å². The predicted octanol–water partition coefficient (Wildman–Crippen LogP) is 4.34. The highest BCUT2D eigenvalue weighted by Crippen LogP contribution is 2.41. The quantitative estimate of drug-likeness (QED) is 0.577. The third-order valence-electron chi connectivity index (χ3n) is 6.18. The maximum Gasteiger partial charge on any atom is 0.303 e. The van der Waals surface area contributed by atoms with Gasteiger partial charge in [0, 0.05) is 13.0 Å². The first-order chi connectivity index (χ1) is 14.4. The molecule has 2 aliphatic rings. The van der Waals surface area contributed by atoms with Crippen LogP contribution in [0.25, 0.3) is 0 Å². The second-order valence-electron chi connectivity index (χ2n) is 8.32. The van der Waals surface area contributed by atoms with Gasteiger partial charge >= 0.3 is 5.97 Å². The zero-order chi connectivity index (χ0) is 21.5. The molecule has 1 aromatic rings. The molecule has 0 aromatic heterocycles. The van der Waals surface area contributed by atoms with Crippen LogP contribution in [0.1, 0.15) is 44.9 Å². The van der Waals surface area contributed by atoms with Crippen molar-refractivity contribution < 1.29 is 33.3 Å². The van der Waals surface area contributed by atoms with Crippen molar-refractivity contribution >= 4 is 5.97 Å². The molecule has 1 aliphatic carbocycles. The molecule has 1 heterocycles. The van der Waals surface area contributed by atoms with Gasteiger partial charge in [0.15, 0.2) is 11.6 Å². The average molecular weight is 424 g/mol. The SMILES string of the molecule is O=C(O)CCC[C@H]1CC[C@H]2[C@H](CC[C@@H]2/C=C/[C@@H](O)COc2cccc(F)c2F)OC1. The van der Waals surface area contributed by atoms with Crippen molar-refractivity contribution in [2.75, 3.05) is 13.2 Å². The van der Waals surface area contributed by atoms with Crippen LogP contribution >= 0.6 is 0 Å². The Morgan fingerprint density at radius 2 is 2.10 bits per heavy atom. The Morgan fingerprint density at radius 1 is 1.27 bits per heavy atom. The van der Waals surface area contributed by atoms with E-state index in [9.17, 15) is 18.7 Å². The number of carboxylic acid groups (broad SMARTS) is 1. The van der Waals surface area contributed by atoms with Gasteiger partial charge in [0.1, 0.15) is 12.7 Å². The molecule has 5 nitrogen and oxygen atoms in total. The van der Waals surface area contributed by atoms with E-state index in [4.69, 9.17) is 14.6 Å². The fourth-order valence-corrected chi connectivity index (χ4v) is 4.54. The van der Waals surface area contributed by atoms with Gasteiger partial charge in [-0.25, -0.2) is 4.39 Å². The largest absolute Gasteiger partial charge is 0.487 e. The molecule has 2 N–H and O–H groups in total. The monoisotopic (exact) mass is 424 g/mol. The second-order valence-corrected chi connectivity index (χ2v) is 8.32. The molecule has 0 bridgehead atoms. The van der Waals surface area contributed by atoms with Crippen LogP contribution in [-0.2, 0) is 9.53 Å². The standard InChI is InChI=1S/C23H30F2O5/c24-19-4-2-5-21(23(19)25)30-14-17(26)10-8-16-9-12-20-18(16)11-7-15(13-29-20)3-1-6-22(27)28/h2,4-5,8,10,15-18,20,26H,1,3,6-7,9,11-14H2,(H,27,28)/b10-8+/t15-,16-,17+,18+,20-/m0/s1. The summed E-state index contributed by atoms with van der Waals surface area (Å²) in [5.74, 6) is -1.92. The minimum Gasteiger partial charge on any atom is -0.487 e. The highest BCUT2D eigenvalue weighted by molar-refractivity contribution is 5.66.